The molecule has 0 radical (unpaired) electrons. The highest BCUT2D eigenvalue weighted by Crippen LogP contribution is 2.19. The second-order valence-corrected chi connectivity index (χ2v) is 4.13. The van der Waals surface area contributed by atoms with E-state index in [0.29, 0.717) is 5.92 Å². The predicted octanol–water partition coefficient (Wildman–Crippen LogP) is 2.29. The van der Waals surface area contributed by atoms with Crippen LogP contribution < -0.4 is 0 Å². The summed E-state index contributed by atoms with van der Waals surface area (Å²) in [4.78, 5) is 10.5. The Labute approximate surface area is 86.1 Å². The molecule has 0 unspecified atom stereocenters. The van der Waals surface area contributed by atoms with E-state index in [1.807, 2.05) is 0 Å². The van der Waals surface area contributed by atoms with Crippen molar-refractivity contribution in [3.8, 4) is 0 Å². The first-order valence-corrected chi connectivity index (χ1v) is 5.42. The van der Waals surface area contributed by atoms with Crippen LogP contribution in [0.15, 0.2) is 0 Å². The van der Waals surface area contributed by atoms with E-state index < -0.39 is 5.97 Å². The van der Waals surface area contributed by atoms with Crippen molar-refractivity contribution in [2.24, 2.45) is 11.8 Å². The number of hydrogen-bond acceptors (Lipinski definition) is 2. The zero-order valence-electron chi connectivity index (χ0n) is 9.20. The molecule has 0 aromatic heterocycles. The van der Waals surface area contributed by atoms with E-state index in [9.17, 15) is 4.79 Å². The lowest BCUT2D eigenvalue weighted by atomic mass is 9.90. The number of carbonyl (C=O) groups is 1. The van der Waals surface area contributed by atoms with E-state index in [1.165, 1.54) is 12.8 Å². The van der Waals surface area contributed by atoms with Crippen LogP contribution in [-0.4, -0.2) is 22.8 Å². The highest BCUT2D eigenvalue weighted by molar-refractivity contribution is 5.67. The van der Waals surface area contributed by atoms with E-state index in [0.717, 1.165) is 12.8 Å². The van der Waals surface area contributed by atoms with Crippen molar-refractivity contribution in [3.63, 3.8) is 0 Å². The topological polar surface area (TPSA) is 57.5 Å². The van der Waals surface area contributed by atoms with E-state index >= 15 is 0 Å². The third-order valence-corrected chi connectivity index (χ3v) is 2.51. The van der Waals surface area contributed by atoms with Crippen LogP contribution in [-0.2, 0) is 4.79 Å². The maximum Gasteiger partial charge on any atom is 0.303 e. The monoisotopic (exact) mass is 202 g/mol. The summed E-state index contributed by atoms with van der Waals surface area (Å²) in [5.74, 6) is -0.363. The second-order valence-electron chi connectivity index (χ2n) is 4.13. The molecule has 84 valence electrons. The molecular formula is C11H22O3. The van der Waals surface area contributed by atoms with Crippen LogP contribution in [0.2, 0.25) is 0 Å². The van der Waals surface area contributed by atoms with Gasteiger partial charge < -0.3 is 10.2 Å². The van der Waals surface area contributed by atoms with Crippen molar-refractivity contribution in [2.75, 3.05) is 6.61 Å². The van der Waals surface area contributed by atoms with Gasteiger partial charge in [-0.05, 0) is 18.3 Å². The van der Waals surface area contributed by atoms with E-state index in [-0.39, 0.29) is 18.9 Å². The fraction of sp³-hybridized carbons (Fsp3) is 0.909. The van der Waals surface area contributed by atoms with Crippen molar-refractivity contribution in [2.45, 2.75) is 46.0 Å². The smallest absolute Gasteiger partial charge is 0.303 e. The van der Waals surface area contributed by atoms with Gasteiger partial charge in [0.2, 0.25) is 0 Å². The predicted molar refractivity (Wildman–Crippen MR) is 56.1 cm³/mol. The van der Waals surface area contributed by atoms with Gasteiger partial charge in [-0.3, -0.25) is 4.79 Å². The molecule has 0 saturated carbocycles. The number of aliphatic hydroxyl groups excluding tert-OH is 1. The molecule has 0 saturated heterocycles. The number of hydrogen-bond donors (Lipinski definition) is 2. The van der Waals surface area contributed by atoms with Crippen LogP contribution in [0.1, 0.15) is 46.0 Å². The first-order valence-electron chi connectivity index (χ1n) is 5.42. The summed E-state index contributed by atoms with van der Waals surface area (Å²) in [6, 6.07) is 0. The summed E-state index contributed by atoms with van der Waals surface area (Å²) in [5, 5.41) is 17.6. The highest BCUT2D eigenvalue weighted by atomic mass is 16.4. The van der Waals surface area contributed by atoms with Crippen LogP contribution in [0.5, 0.6) is 0 Å². The Kier molecular flexibility index (Phi) is 7.48. The van der Waals surface area contributed by atoms with E-state index in [2.05, 4.69) is 13.8 Å². The van der Waals surface area contributed by atoms with Crippen molar-refractivity contribution >= 4 is 5.97 Å². The van der Waals surface area contributed by atoms with E-state index in [1.54, 1.807) is 0 Å². The molecular weight excluding hydrogens is 180 g/mol. The zero-order chi connectivity index (χ0) is 11.0. The minimum absolute atomic E-state index is 0.0111. The molecule has 0 amide bonds. The lowest BCUT2D eigenvalue weighted by molar-refractivity contribution is -0.138. The van der Waals surface area contributed by atoms with Crippen LogP contribution in [0.3, 0.4) is 0 Å². The van der Waals surface area contributed by atoms with Crippen molar-refractivity contribution in [3.05, 3.63) is 0 Å². The maximum atomic E-state index is 10.5. The normalized spacial score (nSPS) is 15.1. The average molecular weight is 202 g/mol. The summed E-state index contributed by atoms with van der Waals surface area (Å²) >= 11 is 0. The lowest BCUT2D eigenvalue weighted by Gasteiger charge is -2.17. The van der Waals surface area contributed by atoms with Gasteiger partial charge in [0.15, 0.2) is 0 Å². The zero-order valence-corrected chi connectivity index (χ0v) is 9.20. The van der Waals surface area contributed by atoms with Gasteiger partial charge in [0.25, 0.3) is 0 Å². The van der Waals surface area contributed by atoms with Crippen LogP contribution in [0.4, 0.5) is 0 Å². The standard InChI is InChI=1S/C11H22O3/c1-3-4-5-9(2)6-10(8-12)7-11(13)14/h9-10,12H,3-8H2,1-2H3,(H,13,14)/t9-,10+/m1/s1. The third-order valence-electron chi connectivity index (χ3n) is 2.51. The molecule has 0 aliphatic carbocycles. The fourth-order valence-corrected chi connectivity index (χ4v) is 1.71. The van der Waals surface area contributed by atoms with Crippen LogP contribution in [0, 0.1) is 11.8 Å². The largest absolute Gasteiger partial charge is 0.481 e. The number of aliphatic hydroxyl groups is 1. The van der Waals surface area contributed by atoms with Crippen LogP contribution in [0.25, 0.3) is 0 Å². The Hall–Kier alpha value is -0.570. The van der Waals surface area contributed by atoms with Gasteiger partial charge in [0.05, 0.1) is 6.42 Å². The van der Waals surface area contributed by atoms with Gasteiger partial charge in [-0.1, -0.05) is 33.1 Å². The number of carboxylic acid groups (broad SMARTS) is 1. The van der Waals surface area contributed by atoms with Gasteiger partial charge in [-0.25, -0.2) is 0 Å². The summed E-state index contributed by atoms with van der Waals surface area (Å²) in [7, 11) is 0. The Morgan fingerprint density at radius 2 is 2.07 bits per heavy atom. The third kappa shape index (κ3) is 6.89. The molecule has 0 heterocycles. The fourth-order valence-electron chi connectivity index (χ4n) is 1.71. The minimum atomic E-state index is -0.813. The van der Waals surface area contributed by atoms with Crippen molar-refractivity contribution < 1.29 is 15.0 Å². The van der Waals surface area contributed by atoms with Crippen molar-refractivity contribution in [1.82, 2.24) is 0 Å². The Morgan fingerprint density at radius 1 is 1.43 bits per heavy atom. The number of aliphatic carboxylic acids is 1. The lowest BCUT2D eigenvalue weighted by Crippen LogP contribution is -2.15. The van der Waals surface area contributed by atoms with Crippen molar-refractivity contribution in [1.29, 1.82) is 0 Å². The molecule has 0 spiro atoms. The Bertz CT molecular complexity index is 157. The van der Waals surface area contributed by atoms with Gasteiger partial charge in [0.1, 0.15) is 0 Å². The van der Waals surface area contributed by atoms with Crippen LogP contribution >= 0.6 is 0 Å². The van der Waals surface area contributed by atoms with Gasteiger partial charge >= 0.3 is 5.97 Å². The molecule has 0 bridgehead atoms. The molecule has 14 heavy (non-hydrogen) atoms. The summed E-state index contributed by atoms with van der Waals surface area (Å²) in [5.41, 5.74) is 0. The first-order chi connectivity index (χ1) is 6.60. The first kappa shape index (κ1) is 13.4. The number of carboxylic acids is 1. The minimum Gasteiger partial charge on any atom is -0.481 e. The highest BCUT2D eigenvalue weighted by Gasteiger charge is 2.15. The maximum absolute atomic E-state index is 10.5. The number of rotatable bonds is 8. The molecule has 0 rings (SSSR count). The SMILES string of the molecule is CCCC[C@@H](C)C[C@H](CO)CC(=O)O. The molecule has 2 atom stereocenters. The molecule has 0 fully saturated rings. The molecule has 2 N–H and O–H groups in total. The molecule has 3 nitrogen and oxygen atoms in total. The summed E-state index contributed by atoms with van der Waals surface area (Å²) in [6.07, 6.45) is 4.40. The van der Waals surface area contributed by atoms with Gasteiger partial charge in [-0.2, -0.15) is 0 Å². The Morgan fingerprint density at radius 3 is 2.50 bits per heavy atom. The molecule has 0 aromatic carbocycles. The number of unbranched alkanes of at least 4 members (excludes halogenated alkanes) is 1. The Balaban J connectivity index is 3.73. The average Bonchev–Trinajstić information content (AvgIpc) is 2.12. The van der Waals surface area contributed by atoms with Gasteiger partial charge in [-0.15, -0.1) is 0 Å². The second kappa shape index (κ2) is 7.80. The van der Waals surface area contributed by atoms with Gasteiger partial charge in [0, 0.05) is 6.61 Å². The molecule has 0 aromatic rings. The quantitative estimate of drug-likeness (QED) is 0.635. The molecule has 0 aliphatic heterocycles. The molecule has 3 heteroatoms. The summed E-state index contributed by atoms with van der Waals surface area (Å²) < 4.78 is 0. The summed E-state index contributed by atoms with van der Waals surface area (Å²) in [6.45, 7) is 4.26. The molecule has 0 aliphatic rings. The van der Waals surface area contributed by atoms with E-state index in [4.69, 9.17) is 10.2 Å².